The number of aliphatic carboxylic acids is 1. The Bertz CT molecular complexity index is 402. The average Bonchev–Trinajstić information content (AvgIpc) is 2.64. The molecule has 7 nitrogen and oxygen atoms in total. The second-order valence-electron chi connectivity index (χ2n) is 3.80. The van der Waals surface area contributed by atoms with E-state index in [-0.39, 0.29) is 18.3 Å². The van der Waals surface area contributed by atoms with E-state index in [1.54, 1.807) is 13.8 Å². The van der Waals surface area contributed by atoms with Gasteiger partial charge in [-0.3, -0.25) is 9.59 Å². The molecule has 1 unspecified atom stereocenters. The lowest BCUT2D eigenvalue weighted by atomic mass is 10.1. The summed E-state index contributed by atoms with van der Waals surface area (Å²) in [7, 11) is 0. The van der Waals surface area contributed by atoms with Crippen molar-refractivity contribution in [3.8, 4) is 0 Å². The van der Waals surface area contributed by atoms with Crippen LogP contribution in [0.3, 0.4) is 0 Å². The van der Waals surface area contributed by atoms with Gasteiger partial charge in [-0.05, 0) is 19.8 Å². The molecule has 1 aromatic heterocycles. The van der Waals surface area contributed by atoms with Gasteiger partial charge in [-0.1, -0.05) is 5.16 Å². The number of nitrogens with zero attached hydrogens (tertiary/aromatic N) is 2. The molecule has 1 amide bonds. The molecule has 7 heteroatoms. The number of carboxylic acid groups (broad SMARTS) is 1. The first-order valence-electron chi connectivity index (χ1n) is 5.32. The number of aromatic nitrogens is 2. The number of carbonyl (C=O) groups is 2. The lowest BCUT2D eigenvalue weighted by Gasteiger charge is -2.11. The summed E-state index contributed by atoms with van der Waals surface area (Å²) >= 11 is 0. The quantitative estimate of drug-likeness (QED) is 0.761. The van der Waals surface area contributed by atoms with Crippen molar-refractivity contribution in [2.45, 2.75) is 39.2 Å². The lowest BCUT2D eigenvalue weighted by molar-refractivity contribution is -0.137. The fraction of sp³-hybridized carbons (Fsp3) is 0.600. The van der Waals surface area contributed by atoms with Gasteiger partial charge in [0, 0.05) is 19.4 Å². The first kappa shape index (κ1) is 13.1. The first-order valence-corrected chi connectivity index (χ1v) is 5.32. The van der Waals surface area contributed by atoms with Crippen molar-refractivity contribution in [2.24, 2.45) is 0 Å². The van der Waals surface area contributed by atoms with Crippen molar-refractivity contribution in [1.82, 2.24) is 15.5 Å². The van der Waals surface area contributed by atoms with Gasteiger partial charge in [-0.2, -0.15) is 4.98 Å². The van der Waals surface area contributed by atoms with Crippen molar-refractivity contribution >= 4 is 11.9 Å². The third-order valence-electron chi connectivity index (χ3n) is 2.14. The van der Waals surface area contributed by atoms with Gasteiger partial charge < -0.3 is 14.9 Å². The minimum Gasteiger partial charge on any atom is -0.481 e. The van der Waals surface area contributed by atoms with Crippen LogP contribution in [0, 0.1) is 6.92 Å². The second kappa shape index (κ2) is 5.97. The number of nitrogens with one attached hydrogen (secondary N) is 1. The SMILES string of the molecule is Cc1nc(C(=O)NC(C)CCCC(=O)O)no1. The summed E-state index contributed by atoms with van der Waals surface area (Å²) in [4.78, 5) is 25.6. The van der Waals surface area contributed by atoms with Crippen molar-refractivity contribution in [3.05, 3.63) is 11.7 Å². The molecule has 0 aromatic carbocycles. The third-order valence-corrected chi connectivity index (χ3v) is 2.14. The molecule has 1 aromatic rings. The Morgan fingerprint density at radius 1 is 1.53 bits per heavy atom. The molecule has 94 valence electrons. The van der Waals surface area contributed by atoms with Crippen molar-refractivity contribution in [3.63, 3.8) is 0 Å². The fourth-order valence-corrected chi connectivity index (χ4v) is 1.31. The highest BCUT2D eigenvalue weighted by atomic mass is 16.5. The minimum absolute atomic E-state index is 0.00687. The summed E-state index contributed by atoms with van der Waals surface area (Å²) < 4.78 is 4.68. The molecule has 0 aliphatic carbocycles. The summed E-state index contributed by atoms with van der Waals surface area (Å²) in [5.74, 6) is -0.928. The Morgan fingerprint density at radius 3 is 2.76 bits per heavy atom. The van der Waals surface area contributed by atoms with Gasteiger partial charge in [-0.25, -0.2) is 0 Å². The summed E-state index contributed by atoms with van der Waals surface area (Å²) in [5, 5.41) is 14.6. The topological polar surface area (TPSA) is 105 Å². The zero-order valence-corrected chi connectivity index (χ0v) is 9.77. The third kappa shape index (κ3) is 4.62. The van der Waals surface area contributed by atoms with Crippen molar-refractivity contribution < 1.29 is 19.2 Å². The molecule has 1 heterocycles. The van der Waals surface area contributed by atoms with Crippen LogP contribution in [0.1, 0.15) is 42.7 Å². The summed E-state index contributed by atoms with van der Waals surface area (Å²) in [6.07, 6.45) is 1.21. The van der Waals surface area contributed by atoms with E-state index >= 15 is 0 Å². The molecule has 0 bridgehead atoms. The van der Waals surface area contributed by atoms with E-state index in [0.29, 0.717) is 18.7 Å². The first-order chi connectivity index (χ1) is 7.99. The zero-order valence-electron chi connectivity index (χ0n) is 9.77. The molecule has 0 saturated carbocycles. The lowest BCUT2D eigenvalue weighted by Crippen LogP contribution is -2.33. The highest BCUT2D eigenvalue weighted by Gasteiger charge is 2.15. The summed E-state index contributed by atoms with van der Waals surface area (Å²) in [5.41, 5.74) is 0. The highest BCUT2D eigenvalue weighted by molar-refractivity contribution is 5.90. The van der Waals surface area contributed by atoms with Gasteiger partial charge in [-0.15, -0.1) is 0 Å². The molecular weight excluding hydrogens is 226 g/mol. The van der Waals surface area contributed by atoms with E-state index in [4.69, 9.17) is 5.11 Å². The monoisotopic (exact) mass is 241 g/mol. The molecule has 0 aliphatic heterocycles. The van der Waals surface area contributed by atoms with Crippen LogP contribution in [-0.4, -0.2) is 33.2 Å². The van der Waals surface area contributed by atoms with Crippen LogP contribution >= 0.6 is 0 Å². The molecule has 0 spiro atoms. The Labute approximate surface area is 98.2 Å². The van der Waals surface area contributed by atoms with Crippen LogP contribution in [0.2, 0.25) is 0 Å². The van der Waals surface area contributed by atoms with Crippen LogP contribution in [0.4, 0.5) is 0 Å². The highest BCUT2D eigenvalue weighted by Crippen LogP contribution is 2.02. The fourth-order valence-electron chi connectivity index (χ4n) is 1.31. The molecular formula is C10H15N3O4. The van der Waals surface area contributed by atoms with E-state index in [0.717, 1.165) is 0 Å². The normalized spacial score (nSPS) is 12.1. The van der Waals surface area contributed by atoms with Crippen LogP contribution in [-0.2, 0) is 4.79 Å². The van der Waals surface area contributed by atoms with Crippen LogP contribution in [0.5, 0.6) is 0 Å². The zero-order chi connectivity index (χ0) is 12.8. The molecule has 1 rings (SSSR count). The van der Waals surface area contributed by atoms with E-state index in [9.17, 15) is 9.59 Å². The van der Waals surface area contributed by atoms with Gasteiger partial charge >= 0.3 is 5.97 Å². The van der Waals surface area contributed by atoms with Gasteiger partial charge in [0.15, 0.2) is 0 Å². The molecule has 17 heavy (non-hydrogen) atoms. The average molecular weight is 241 g/mol. The standard InChI is InChI=1S/C10H15N3O4/c1-6(4-3-5-8(14)15)11-10(16)9-12-7(2)17-13-9/h6H,3-5H2,1-2H3,(H,11,16)(H,14,15). The van der Waals surface area contributed by atoms with E-state index < -0.39 is 11.9 Å². The van der Waals surface area contributed by atoms with Gasteiger partial charge in [0.05, 0.1) is 0 Å². The van der Waals surface area contributed by atoms with E-state index in [2.05, 4.69) is 20.0 Å². The molecule has 1 atom stereocenters. The Hall–Kier alpha value is -1.92. The maximum Gasteiger partial charge on any atom is 0.303 e. The molecule has 2 N–H and O–H groups in total. The molecule has 0 saturated heterocycles. The van der Waals surface area contributed by atoms with E-state index in [1.165, 1.54) is 0 Å². The predicted octanol–water partition coefficient (Wildman–Crippen LogP) is 0.751. The van der Waals surface area contributed by atoms with Gasteiger partial charge in [0.25, 0.3) is 11.7 Å². The number of carbonyl (C=O) groups excluding carboxylic acids is 1. The van der Waals surface area contributed by atoms with Crippen molar-refractivity contribution in [2.75, 3.05) is 0 Å². The Balaban J connectivity index is 2.33. The second-order valence-corrected chi connectivity index (χ2v) is 3.80. The number of aryl methyl sites for hydroxylation is 1. The van der Waals surface area contributed by atoms with Gasteiger partial charge in [0.1, 0.15) is 0 Å². The van der Waals surface area contributed by atoms with Crippen LogP contribution in [0.25, 0.3) is 0 Å². The molecule has 0 aliphatic rings. The Kier molecular flexibility index (Phi) is 4.62. The van der Waals surface area contributed by atoms with Crippen LogP contribution < -0.4 is 5.32 Å². The number of amides is 1. The summed E-state index contributed by atoms with van der Waals surface area (Å²) in [6.45, 7) is 3.40. The van der Waals surface area contributed by atoms with E-state index in [1.807, 2.05) is 0 Å². The predicted molar refractivity (Wildman–Crippen MR) is 57.5 cm³/mol. The maximum atomic E-state index is 11.6. The number of hydrogen-bond acceptors (Lipinski definition) is 5. The summed E-state index contributed by atoms with van der Waals surface area (Å²) in [6, 6.07) is -0.124. The maximum absolute atomic E-state index is 11.6. The number of carboxylic acids is 1. The minimum atomic E-state index is -0.836. The smallest absolute Gasteiger partial charge is 0.303 e. The van der Waals surface area contributed by atoms with Crippen molar-refractivity contribution in [1.29, 1.82) is 0 Å². The van der Waals surface area contributed by atoms with Crippen LogP contribution in [0.15, 0.2) is 4.52 Å². The number of hydrogen-bond donors (Lipinski definition) is 2. The molecule has 0 radical (unpaired) electrons. The van der Waals surface area contributed by atoms with Gasteiger partial charge in [0.2, 0.25) is 5.89 Å². The molecule has 0 fully saturated rings. The largest absolute Gasteiger partial charge is 0.481 e. The number of rotatable bonds is 6. The Morgan fingerprint density at radius 2 is 2.24 bits per heavy atom.